The van der Waals surface area contributed by atoms with E-state index in [1.165, 1.54) is 44.2 Å². The summed E-state index contributed by atoms with van der Waals surface area (Å²) >= 11 is 0. The maximum Gasteiger partial charge on any atom is 0.238 e. The van der Waals surface area contributed by atoms with Gasteiger partial charge in [-0.2, -0.15) is 0 Å². The van der Waals surface area contributed by atoms with Crippen LogP contribution in [0.4, 0.5) is 0 Å². The van der Waals surface area contributed by atoms with Gasteiger partial charge < -0.3 is 5.32 Å². The zero-order valence-corrected chi connectivity index (χ0v) is 15.9. The van der Waals surface area contributed by atoms with Gasteiger partial charge in [-0.3, -0.25) is 4.79 Å². The molecule has 0 bridgehead atoms. The standard InChI is InChI=1S/C19H30N2O3S/c1-2-3-4-15-5-9-17(10-6-15)19(22)21-14-13-16-7-11-18(12-8-16)25(20,23)24/h7-8,11-12,15,17H,2-6,9-10,13-14H2,1H3,(H,21,22)(H2,20,23,24). The van der Waals surface area contributed by atoms with Gasteiger partial charge in [0.25, 0.3) is 0 Å². The molecule has 2 rings (SSSR count). The number of rotatable bonds is 8. The Morgan fingerprint density at radius 3 is 2.36 bits per heavy atom. The molecule has 6 heteroatoms. The van der Waals surface area contributed by atoms with Crippen LogP contribution in [-0.4, -0.2) is 20.9 Å². The Labute approximate surface area is 151 Å². The van der Waals surface area contributed by atoms with Gasteiger partial charge in [-0.1, -0.05) is 38.3 Å². The minimum Gasteiger partial charge on any atom is -0.356 e. The van der Waals surface area contributed by atoms with Crippen molar-refractivity contribution in [3.05, 3.63) is 29.8 Å². The van der Waals surface area contributed by atoms with Crippen molar-refractivity contribution in [2.45, 2.75) is 63.2 Å². The molecular formula is C19H30N2O3S. The van der Waals surface area contributed by atoms with Crippen molar-refractivity contribution < 1.29 is 13.2 Å². The molecule has 0 spiro atoms. The second-order valence-corrected chi connectivity index (χ2v) is 8.65. The van der Waals surface area contributed by atoms with Gasteiger partial charge in [0.2, 0.25) is 15.9 Å². The summed E-state index contributed by atoms with van der Waals surface area (Å²) < 4.78 is 22.4. The van der Waals surface area contributed by atoms with Crippen LogP contribution >= 0.6 is 0 Å². The molecule has 0 heterocycles. The minimum atomic E-state index is -3.65. The molecule has 1 aliphatic rings. The summed E-state index contributed by atoms with van der Waals surface area (Å²) in [4.78, 5) is 12.4. The van der Waals surface area contributed by atoms with Crippen LogP contribution in [0.15, 0.2) is 29.2 Å². The fraction of sp³-hybridized carbons (Fsp3) is 0.632. The van der Waals surface area contributed by atoms with Crippen LogP contribution < -0.4 is 10.5 Å². The quantitative estimate of drug-likeness (QED) is 0.741. The fourth-order valence-electron chi connectivity index (χ4n) is 3.53. The number of primary sulfonamides is 1. The summed E-state index contributed by atoms with van der Waals surface area (Å²) in [6, 6.07) is 6.49. The first kappa shape index (κ1) is 19.9. The number of hydrogen-bond donors (Lipinski definition) is 2. The summed E-state index contributed by atoms with van der Waals surface area (Å²) in [5.74, 6) is 1.12. The van der Waals surface area contributed by atoms with Crippen LogP contribution in [0.25, 0.3) is 0 Å². The molecule has 0 unspecified atom stereocenters. The lowest BCUT2D eigenvalue weighted by Gasteiger charge is -2.27. The third-order valence-electron chi connectivity index (χ3n) is 5.15. The van der Waals surface area contributed by atoms with E-state index in [0.29, 0.717) is 13.0 Å². The molecule has 140 valence electrons. The maximum atomic E-state index is 12.3. The van der Waals surface area contributed by atoms with Crippen molar-refractivity contribution >= 4 is 15.9 Å². The van der Waals surface area contributed by atoms with E-state index in [9.17, 15) is 13.2 Å². The second kappa shape index (κ2) is 9.34. The Morgan fingerprint density at radius 2 is 1.80 bits per heavy atom. The maximum absolute atomic E-state index is 12.3. The average Bonchev–Trinajstić information content (AvgIpc) is 2.60. The van der Waals surface area contributed by atoms with Gasteiger partial charge in [-0.05, 0) is 55.7 Å². The highest BCUT2D eigenvalue weighted by atomic mass is 32.2. The molecule has 0 aromatic heterocycles. The topological polar surface area (TPSA) is 89.3 Å². The molecule has 0 aliphatic heterocycles. The van der Waals surface area contributed by atoms with E-state index in [-0.39, 0.29) is 16.7 Å². The molecule has 1 aromatic rings. The third-order valence-corrected chi connectivity index (χ3v) is 6.08. The van der Waals surface area contributed by atoms with Crippen LogP contribution in [0.1, 0.15) is 57.4 Å². The van der Waals surface area contributed by atoms with E-state index in [0.717, 1.165) is 24.3 Å². The number of nitrogens with two attached hydrogens (primary N) is 1. The van der Waals surface area contributed by atoms with E-state index < -0.39 is 10.0 Å². The highest BCUT2D eigenvalue weighted by molar-refractivity contribution is 7.89. The summed E-state index contributed by atoms with van der Waals surface area (Å²) in [5, 5.41) is 8.10. The monoisotopic (exact) mass is 366 g/mol. The third kappa shape index (κ3) is 6.44. The number of carbonyl (C=O) groups is 1. The Morgan fingerprint density at radius 1 is 1.16 bits per heavy atom. The summed E-state index contributed by atoms with van der Waals surface area (Å²) in [5.41, 5.74) is 0.982. The lowest BCUT2D eigenvalue weighted by atomic mass is 9.79. The van der Waals surface area contributed by atoms with Crippen LogP contribution in [0, 0.1) is 11.8 Å². The van der Waals surface area contributed by atoms with Gasteiger partial charge in [0.1, 0.15) is 0 Å². The smallest absolute Gasteiger partial charge is 0.238 e. The van der Waals surface area contributed by atoms with E-state index in [1.807, 2.05) is 0 Å². The van der Waals surface area contributed by atoms with Crippen molar-refractivity contribution in [1.82, 2.24) is 5.32 Å². The van der Waals surface area contributed by atoms with Crippen molar-refractivity contribution in [2.75, 3.05) is 6.54 Å². The number of benzene rings is 1. The highest BCUT2D eigenvalue weighted by Crippen LogP contribution is 2.31. The van der Waals surface area contributed by atoms with Crippen LogP contribution in [0.3, 0.4) is 0 Å². The molecule has 1 aromatic carbocycles. The van der Waals surface area contributed by atoms with Gasteiger partial charge in [0.15, 0.2) is 0 Å². The Kier molecular flexibility index (Phi) is 7.44. The van der Waals surface area contributed by atoms with E-state index >= 15 is 0 Å². The molecule has 1 amide bonds. The predicted molar refractivity (Wildman–Crippen MR) is 99.5 cm³/mol. The number of hydrogen-bond acceptors (Lipinski definition) is 3. The molecule has 5 nitrogen and oxygen atoms in total. The molecule has 1 saturated carbocycles. The Bertz CT molecular complexity index is 648. The second-order valence-electron chi connectivity index (χ2n) is 7.09. The summed E-state index contributed by atoms with van der Waals surface area (Å²) in [6.07, 6.45) is 8.89. The normalized spacial score (nSPS) is 21.0. The number of unbranched alkanes of at least 4 members (excludes halogenated alkanes) is 1. The van der Waals surface area contributed by atoms with Gasteiger partial charge in [-0.15, -0.1) is 0 Å². The number of nitrogens with one attached hydrogen (secondary N) is 1. The fourth-order valence-corrected chi connectivity index (χ4v) is 4.04. The first-order chi connectivity index (χ1) is 11.9. The Hall–Kier alpha value is -1.40. The average molecular weight is 367 g/mol. The molecule has 25 heavy (non-hydrogen) atoms. The number of carbonyl (C=O) groups excluding carboxylic acids is 1. The largest absolute Gasteiger partial charge is 0.356 e. The van der Waals surface area contributed by atoms with Gasteiger partial charge in [-0.25, -0.2) is 13.6 Å². The lowest BCUT2D eigenvalue weighted by molar-refractivity contribution is -0.126. The molecule has 0 saturated heterocycles. The van der Waals surface area contributed by atoms with Crippen molar-refractivity contribution in [3.63, 3.8) is 0 Å². The van der Waals surface area contributed by atoms with Crippen LogP contribution in [0.2, 0.25) is 0 Å². The molecule has 1 aliphatic carbocycles. The first-order valence-corrected chi connectivity index (χ1v) is 10.8. The Balaban J connectivity index is 1.70. The van der Waals surface area contributed by atoms with E-state index in [2.05, 4.69) is 12.2 Å². The van der Waals surface area contributed by atoms with Gasteiger partial charge in [0.05, 0.1) is 4.90 Å². The zero-order chi connectivity index (χ0) is 18.3. The lowest BCUT2D eigenvalue weighted by Crippen LogP contribution is -2.34. The molecule has 1 fully saturated rings. The summed E-state index contributed by atoms with van der Waals surface area (Å²) in [6.45, 7) is 2.80. The zero-order valence-electron chi connectivity index (χ0n) is 15.0. The van der Waals surface area contributed by atoms with E-state index in [4.69, 9.17) is 5.14 Å². The summed E-state index contributed by atoms with van der Waals surface area (Å²) in [7, 11) is -3.65. The van der Waals surface area contributed by atoms with Crippen molar-refractivity contribution in [3.8, 4) is 0 Å². The van der Waals surface area contributed by atoms with Crippen molar-refractivity contribution in [2.24, 2.45) is 17.0 Å². The minimum absolute atomic E-state index is 0.111. The number of sulfonamides is 1. The SMILES string of the molecule is CCCCC1CCC(C(=O)NCCc2ccc(S(N)(=O)=O)cc2)CC1. The highest BCUT2D eigenvalue weighted by Gasteiger charge is 2.25. The van der Waals surface area contributed by atoms with E-state index in [1.54, 1.807) is 12.1 Å². The first-order valence-electron chi connectivity index (χ1n) is 9.29. The number of amides is 1. The molecular weight excluding hydrogens is 336 g/mol. The van der Waals surface area contributed by atoms with Gasteiger partial charge in [0, 0.05) is 12.5 Å². The van der Waals surface area contributed by atoms with Crippen LogP contribution in [-0.2, 0) is 21.2 Å². The van der Waals surface area contributed by atoms with Crippen LogP contribution in [0.5, 0.6) is 0 Å². The molecule has 3 N–H and O–H groups in total. The molecule has 0 radical (unpaired) electrons. The predicted octanol–water partition coefficient (Wildman–Crippen LogP) is 2.99. The van der Waals surface area contributed by atoms with Crippen molar-refractivity contribution in [1.29, 1.82) is 0 Å². The van der Waals surface area contributed by atoms with Gasteiger partial charge >= 0.3 is 0 Å². The molecule has 0 atom stereocenters.